The molecule has 1 heterocycles. The van der Waals surface area contributed by atoms with Crippen LogP contribution in [0.1, 0.15) is 33.6 Å². The average Bonchev–Trinajstić information content (AvgIpc) is 2.71. The van der Waals surface area contributed by atoms with Crippen LogP contribution in [0.15, 0.2) is 0 Å². The van der Waals surface area contributed by atoms with Crippen molar-refractivity contribution >= 4 is 8.80 Å². The molecule has 1 aliphatic rings. The molecule has 4 nitrogen and oxygen atoms in total. The Labute approximate surface area is 100 Å². The summed E-state index contributed by atoms with van der Waals surface area (Å²) < 4.78 is 17.5. The van der Waals surface area contributed by atoms with Gasteiger partial charge in [0.05, 0.1) is 0 Å². The highest BCUT2D eigenvalue weighted by atomic mass is 28.4. The minimum Gasteiger partial charge on any atom is -0.374 e. The average molecular weight is 247 g/mol. The van der Waals surface area contributed by atoms with E-state index >= 15 is 0 Å². The van der Waals surface area contributed by atoms with Gasteiger partial charge in [0.15, 0.2) is 0 Å². The molecule has 16 heavy (non-hydrogen) atoms. The molecule has 0 saturated carbocycles. The molecule has 1 fully saturated rings. The molecular weight excluding hydrogens is 222 g/mol. The van der Waals surface area contributed by atoms with Crippen LogP contribution in [0.3, 0.4) is 0 Å². The maximum atomic E-state index is 5.83. The van der Waals surface area contributed by atoms with Crippen molar-refractivity contribution in [2.24, 2.45) is 0 Å². The van der Waals surface area contributed by atoms with Crippen molar-refractivity contribution < 1.29 is 13.3 Å². The van der Waals surface area contributed by atoms with E-state index < -0.39 is 8.80 Å². The van der Waals surface area contributed by atoms with Gasteiger partial charge in [0.1, 0.15) is 0 Å². The standard InChI is InChI=1S/C11H25NO3Si/c1-4-13-16(14-5-2,15-6-3)10-11-8-7-9-12-11/h11-12H,4-10H2,1-3H3. The lowest BCUT2D eigenvalue weighted by Gasteiger charge is -2.30. The molecule has 0 aromatic rings. The molecule has 1 N–H and O–H groups in total. The first-order valence-corrected chi connectivity index (χ1v) is 8.34. The van der Waals surface area contributed by atoms with E-state index in [0.29, 0.717) is 25.9 Å². The third-order valence-electron chi connectivity index (χ3n) is 2.75. The number of rotatable bonds is 8. The van der Waals surface area contributed by atoms with E-state index in [4.69, 9.17) is 13.3 Å². The third kappa shape index (κ3) is 4.14. The molecule has 0 aromatic carbocycles. The molecule has 1 atom stereocenters. The van der Waals surface area contributed by atoms with Crippen LogP contribution in [0.4, 0.5) is 0 Å². The maximum absolute atomic E-state index is 5.83. The Morgan fingerprint density at radius 2 is 1.62 bits per heavy atom. The van der Waals surface area contributed by atoms with Gasteiger partial charge in [-0.2, -0.15) is 0 Å². The largest absolute Gasteiger partial charge is 0.502 e. The molecule has 96 valence electrons. The number of hydrogen-bond acceptors (Lipinski definition) is 4. The van der Waals surface area contributed by atoms with Crippen molar-refractivity contribution in [3.63, 3.8) is 0 Å². The Morgan fingerprint density at radius 3 is 2.00 bits per heavy atom. The maximum Gasteiger partial charge on any atom is 0.502 e. The van der Waals surface area contributed by atoms with Gasteiger partial charge < -0.3 is 18.6 Å². The van der Waals surface area contributed by atoms with Crippen LogP contribution in [0, 0.1) is 0 Å². The fourth-order valence-electron chi connectivity index (χ4n) is 2.19. The highest BCUT2D eigenvalue weighted by Crippen LogP contribution is 2.22. The van der Waals surface area contributed by atoms with E-state index in [1.165, 1.54) is 12.8 Å². The monoisotopic (exact) mass is 247 g/mol. The van der Waals surface area contributed by atoms with Crippen molar-refractivity contribution in [1.29, 1.82) is 0 Å². The van der Waals surface area contributed by atoms with Crippen molar-refractivity contribution in [2.45, 2.75) is 45.7 Å². The molecule has 5 heteroatoms. The van der Waals surface area contributed by atoms with Crippen LogP contribution >= 0.6 is 0 Å². The van der Waals surface area contributed by atoms with E-state index in [2.05, 4.69) is 5.32 Å². The summed E-state index contributed by atoms with van der Waals surface area (Å²) in [5.41, 5.74) is 0. The summed E-state index contributed by atoms with van der Waals surface area (Å²) in [5.74, 6) is 0. The molecule has 1 saturated heterocycles. The summed E-state index contributed by atoms with van der Waals surface area (Å²) in [6.07, 6.45) is 2.46. The first kappa shape index (κ1) is 14.1. The summed E-state index contributed by atoms with van der Waals surface area (Å²) in [6.45, 7) is 9.11. The molecule has 0 amide bonds. The smallest absolute Gasteiger partial charge is 0.374 e. The zero-order chi connectivity index (χ0) is 11.9. The summed E-state index contributed by atoms with van der Waals surface area (Å²) in [6, 6.07) is 1.42. The van der Waals surface area contributed by atoms with E-state index in [1.54, 1.807) is 0 Å². The van der Waals surface area contributed by atoms with E-state index in [-0.39, 0.29) is 0 Å². The normalized spacial score (nSPS) is 21.6. The van der Waals surface area contributed by atoms with Gasteiger partial charge in [0.2, 0.25) is 0 Å². The van der Waals surface area contributed by atoms with Crippen molar-refractivity contribution in [2.75, 3.05) is 26.4 Å². The Kier molecular flexibility index (Phi) is 6.53. The van der Waals surface area contributed by atoms with Gasteiger partial charge in [-0.1, -0.05) is 0 Å². The van der Waals surface area contributed by atoms with Crippen molar-refractivity contribution in [1.82, 2.24) is 5.32 Å². The van der Waals surface area contributed by atoms with Gasteiger partial charge in [0, 0.05) is 31.9 Å². The minimum atomic E-state index is -2.42. The van der Waals surface area contributed by atoms with Crippen LogP contribution in [0.2, 0.25) is 6.04 Å². The molecule has 0 aromatic heterocycles. The lowest BCUT2D eigenvalue weighted by Crippen LogP contribution is -2.49. The second-order valence-corrected chi connectivity index (χ2v) is 6.62. The molecule has 1 rings (SSSR count). The zero-order valence-corrected chi connectivity index (χ0v) is 11.8. The fraction of sp³-hybridized carbons (Fsp3) is 1.00. The van der Waals surface area contributed by atoms with Crippen molar-refractivity contribution in [3.8, 4) is 0 Å². The number of nitrogens with one attached hydrogen (secondary N) is 1. The molecule has 0 aliphatic carbocycles. The van der Waals surface area contributed by atoms with E-state index in [0.717, 1.165) is 12.6 Å². The van der Waals surface area contributed by atoms with Crippen LogP contribution < -0.4 is 5.32 Å². The molecule has 0 radical (unpaired) electrons. The van der Waals surface area contributed by atoms with Crippen LogP contribution in [0.5, 0.6) is 0 Å². The molecule has 0 bridgehead atoms. The van der Waals surface area contributed by atoms with Gasteiger partial charge in [-0.3, -0.25) is 0 Å². The second-order valence-electron chi connectivity index (χ2n) is 3.98. The predicted octanol–water partition coefficient (Wildman–Crippen LogP) is 1.79. The van der Waals surface area contributed by atoms with Crippen LogP contribution in [-0.4, -0.2) is 41.2 Å². The highest BCUT2D eigenvalue weighted by Gasteiger charge is 2.43. The Balaban J connectivity index is 2.56. The lowest BCUT2D eigenvalue weighted by molar-refractivity contribution is 0.0691. The topological polar surface area (TPSA) is 39.7 Å². The van der Waals surface area contributed by atoms with E-state index in [9.17, 15) is 0 Å². The number of hydrogen-bond donors (Lipinski definition) is 1. The Morgan fingerprint density at radius 1 is 1.06 bits per heavy atom. The third-order valence-corrected chi connectivity index (χ3v) is 5.93. The van der Waals surface area contributed by atoms with Gasteiger partial charge in [-0.25, -0.2) is 0 Å². The van der Waals surface area contributed by atoms with Gasteiger partial charge in [-0.05, 0) is 40.2 Å². The summed E-state index contributed by atoms with van der Waals surface area (Å²) in [5, 5.41) is 3.48. The van der Waals surface area contributed by atoms with Gasteiger partial charge in [0.25, 0.3) is 0 Å². The summed E-state index contributed by atoms with van der Waals surface area (Å²) in [7, 11) is -2.42. The summed E-state index contributed by atoms with van der Waals surface area (Å²) in [4.78, 5) is 0. The predicted molar refractivity (Wildman–Crippen MR) is 66.5 cm³/mol. The lowest BCUT2D eigenvalue weighted by atomic mass is 10.3. The molecule has 0 spiro atoms. The highest BCUT2D eigenvalue weighted by molar-refractivity contribution is 6.60. The first-order valence-electron chi connectivity index (χ1n) is 6.41. The Hall–Kier alpha value is 0.0569. The zero-order valence-electron chi connectivity index (χ0n) is 10.8. The van der Waals surface area contributed by atoms with Gasteiger partial charge in [-0.15, -0.1) is 0 Å². The minimum absolute atomic E-state index is 0.510. The molecular formula is C11H25NO3Si. The van der Waals surface area contributed by atoms with Crippen LogP contribution in [0.25, 0.3) is 0 Å². The second kappa shape index (κ2) is 7.40. The summed E-state index contributed by atoms with van der Waals surface area (Å²) >= 11 is 0. The first-order chi connectivity index (χ1) is 7.76. The fourth-order valence-corrected chi connectivity index (χ4v) is 5.07. The van der Waals surface area contributed by atoms with E-state index in [1.807, 2.05) is 20.8 Å². The molecule has 1 unspecified atom stereocenters. The Bertz CT molecular complexity index is 169. The quantitative estimate of drug-likeness (QED) is 0.664. The van der Waals surface area contributed by atoms with Gasteiger partial charge >= 0.3 is 8.80 Å². The van der Waals surface area contributed by atoms with Crippen LogP contribution in [-0.2, 0) is 13.3 Å². The molecule has 1 aliphatic heterocycles. The van der Waals surface area contributed by atoms with Crippen molar-refractivity contribution in [3.05, 3.63) is 0 Å². The SMILES string of the molecule is CCO[Si](CC1CCCN1)(OCC)OCC.